The van der Waals surface area contributed by atoms with E-state index in [1.807, 2.05) is 25.1 Å². The van der Waals surface area contributed by atoms with E-state index in [0.29, 0.717) is 11.1 Å². The molecule has 0 fully saturated rings. The number of nitrogens with two attached hydrogens (primary N) is 1. The number of hydrogen-bond acceptors (Lipinski definition) is 2. The Hall–Kier alpha value is -1.85. The monoisotopic (exact) mass is 360 g/mol. The van der Waals surface area contributed by atoms with Gasteiger partial charge in [-0.2, -0.15) is 0 Å². The average molecular weight is 361 g/mol. The van der Waals surface area contributed by atoms with Gasteiger partial charge >= 0.3 is 0 Å². The van der Waals surface area contributed by atoms with Gasteiger partial charge in [0.1, 0.15) is 0 Å². The second-order valence-electron chi connectivity index (χ2n) is 6.05. The van der Waals surface area contributed by atoms with Gasteiger partial charge in [0.15, 0.2) is 0 Å². The summed E-state index contributed by atoms with van der Waals surface area (Å²) in [6.45, 7) is 5.48. The first-order valence-corrected chi connectivity index (χ1v) is 7.77. The number of aliphatic hydroxyl groups is 1. The maximum atomic E-state index is 11.7. The van der Waals surface area contributed by atoms with Gasteiger partial charge in [0, 0.05) is 20.8 Å². The number of benzene rings is 2. The van der Waals surface area contributed by atoms with Crippen molar-refractivity contribution < 1.29 is 9.90 Å². The zero-order valence-electron chi connectivity index (χ0n) is 12.6. The molecule has 0 bridgehead atoms. The molecule has 4 N–H and O–H groups in total. The Balaban J connectivity index is 2.49. The smallest absolute Gasteiger partial charge is 0.250 e. The molecule has 0 unspecified atom stereocenters. The Kier molecular flexibility index (Phi) is 3.30. The van der Waals surface area contributed by atoms with Crippen molar-refractivity contribution in [3.05, 3.63) is 45.4 Å². The summed E-state index contributed by atoms with van der Waals surface area (Å²) in [6.07, 6.45) is 0. The third kappa shape index (κ3) is 2.12. The number of amides is 1. The van der Waals surface area contributed by atoms with E-state index in [1.54, 1.807) is 19.9 Å². The molecule has 4 nitrogen and oxygen atoms in total. The van der Waals surface area contributed by atoms with Crippen LogP contribution in [0.15, 0.2) is 28.7 Å². The number of nitrogens with one attached hydrogen (secondary N) is 1. The van der Waals surface area contributed by atoms with Crippen LogP contribution in [0.5, 0.6) is 0 Å². The molecule has 0 saturated carbocycles. The first kappa shape index (κ1) is 15.1. The summed E-state index contributed by atoms with van der Waals surface area (Å²) in [5, 5.41) is 12.2. The molecule has 0 radical (unpaired) electrons. The maximum absolute atomic E-state index is 11.7. The van der Waals surface area contributed by atoms with Crippen LogP contribution < -0.4 is 5.73 Å². The highest BCUT2D eigenvalue weighted by atomic mass is 79.9. The quantitative estimate of drug-likeness (QED) is 0.651. The van der Waals surface area contributed by atoms with Crippen LogP contribution in [0.1, 0.15) is 35.3 Å². The lowest BCUT2D eigenvalue weighted by Crippen LogP contribution is -2.17. The van der Waals surface area contributed by atoms with Gasteiger partial charge in [-0.05, 0) is 44.0 Å². The Labute approximate surface area is 136 Å². The Morgan fingerprint density at radius 3 is 2.50 bits per heavy atom. The van der Waals surface area contributed by atoms with Crippen LogP contribution in [0.2, 0.25) is 0 Å². The molecule has 1 heterocycles. The molecule has 22 heavy (non-hydrogen) atoms. The van der Waals surface area contributed by atoms with E-state index in [-0.39, 0.29) is 0 Å². The number of H-pyrrole nitrogens is 1. The molecule has 0 saturated heterocycles. The lowest BCUT2D eigenvalue weighted by atomic mass is 9.92. The number of aromatic nitrogens is 1. The van der Waals surface area contributed by atoms with Crippen molar-refractivity contribution in [2.75, 3.05) is 0 Å². The molecule has 0 aliphatic rings. The second kappa shape index (κ2) is 4.83. The van der Waals surface area contributed by atoms with E-state index in [2.05, 4.69) is 20.9 Å². The molecule has 3 rings (SSSR count). The molecule has 0 aliphatic carbocycles. The molecule has 0 aliphatic heterocycles. The molecule has 0 spiro atoms. The fourth-order valence-corrected chi connectivity index (χ4v) is 3.59. The first-order chi connectivity index (χ1) is 10.2. The zero-order valence-corrected chi connectivity index (χ0v) is 14.2. The minimum Gasteiger partial charge on any atom is -0.386 e. The van der Waals surface area contributed by atoms with Gasteiger partial charge in [-0.15, -0.1) is 0 Å². The van der Waals surface area contributed by atoms with Gasteiger partial charge in [-0.3, -0.25) is 4.79 Å². The lowest BCUT2D eigenvalue weighted by molar-refractivity contribution is 0.0780. The van der Waals surface area contributed by atoms with Crippen LogP contribution >= 0.6 is 15.9 Å². The Morgan fingerprint density at radius 2 is 1.91 bits per heavy atom. The minimum absolute atomic E-state index is 0.457. The van der Waals surface area contributed by atoms with Gasteiger partial charge in [0.2, 0.25) is 0 Å². The minimum atomic E-state index is -0.931. The number of aryl methyl sites for hydroxylation is 1. The van der Waals surface area contributed by atoms with Crippen molar-refractivity contribution in [2.45, 2.75) is 26.4 Å². The van der Waals surface area contributed by atoms with Gasteiger partial charge in [0.05, 0.1) is 16.7 Å². The highest BCUT2D eigenvalue weighted by Gasteiger charge is 2.22. The van der Waals surface area contributed by atoms with Crippen molar-refractivity contribution in [1.29, 1.82) is 0 Å². The van der Waals surface area contributed by atoms with Gasteiger partial charge in [-0.25, -0.2) is 0 Å². The van der Waals surface area contributed by atoms with Crippen molar-refractivity contribution in [1.82, 2.24) is 4.98 Å². The third-order valence-corrected chi connectivity index (χ3v) is 4.72. The zero-order chi connectivity index (χ0) is 16.2. The fraction of sp³-hybridized carbons (Fsp3) is 0.235. The number of carbonyl (C=O) groups excluding carboxylic acids is 1. The van der Waals surface area contributed by atoms with Crippen molar-refractivity contribution in [3.63, 3.8) is 0 Å². The number of rotatable bonds is 2. The third-order valence-electron chi connectivity index (χ3n) is 4.06. The van der Waals surface area contributed by atoms with E-state index >= 15 is 0 Å². The highest BCUT2D eigenvalue weighted by Crippen LogP contribution is 2.37. The Morgan fingerprint density at radius 1 is 1.23 bits per heavy atom. The molecule has 0 atom stereocenters. The average Bonchev–Trinajstić information content (AvgIpc) is 2.78. The van der Waals surface area contributed by atoms with Gasteiger partial charge in [-0.1, -0.05) is 28.1 Å². The van der Waals surface area contributed by atoms with Crippen LogP contribution in [-0.4, -0.2) is 16.0 Å². The molecule has 5 heteroatoms. The second-order valence-corrected chi connectivity index (χ2v) is 6.91. The molecule has 114 valence electrons. The summed E-state index contributed by atoms with van der Waals surface area (Å²) in [5.74, 6) is -0.468. The van der Waals surface area contributed by atoms with Crippen LogP contribution in [0.25, 0.3) is 21.8 Å². The predicted molar refractivity (Wildman–Crippen MR) is 92.0 cm³/mol. The first-order valence-electron chi connectivity index (χ1n) is 6.98. The molecule has 1 amide bonds. The van der Waals surface area contributed by atoms with E-state index in [1.165, 1.54) is 0 Å². The van der Waals surface area contributed by atoms with Crippen molar-refractivity contribution >= 4 is 43.6 Å². The van der Waals surface area contributed by atoms with Crippen molar-refractivity contribution in [2.24, 2.45) is 5.73 Å². The molecule has 1 aromatic heterocycles. The molecule has 2 aromatic carbocycles. The normalized spacial score (nSPS) is 12.2. The number of halogens is 1. The summed E-state index contributed by atoms with van der Waals surface area (Å²) in [6, 6.07) is 7.42. The molecule has 3 aromatic rings. The number of fused-ring (bicyclic) bond motifs is 3. The summed E-state index contributed by atoms with van der Waals surface area (Å²) < 4.78 is 0.897. The fourth-order valence-electron chi connectivity index (χ4n) is 3.04. The predicted octanol–water partition coefficient (Wildman–Crippen LogP) is 3.72. The van der Waals surface area contributed by atoms with Gasteiger partial charge < -0.3 is 15.8 Å². The summed E-state index contributed by atoms with van der Waals surface area (Å²) in [7, 11) is 0. The molecular formula is C17H17BrN2O2. The SMILES string of the molecule is Cc1c(C(C)(C)O)ccc2c1[nH]c1c(C(N)=O)ccc(Br)c12. The van der Waals surface area contributed by atoms with Crippen LogP contribution in [0.4, 0.5) is 0 Å². The largest absolute Gasteiger partial charge is 0.386 e. The van der Waals surface area contributed by atoms with E-state index in [9.17, 15) is 9.90 Å². The number of aromatic amines is 1. The number of carbonyl (C=O) groups is 1. The van der Waals surface area contributed by atoms with Crippen LogP contribution in [-0.2, 0) is 5.60 Å². The van der Waals surface area contributed by atoms with E-state index in [0.717, 1.165) is 31.9 Å². The Bertz CT molecular complexity index is 920. The number of primary amides is 1. The topological polar surface area (TPSA) is 79.1 Å². The summed E-state index contributed by atoms with van der Waals surface area (Å²) >= 11 is 3.54. The van der Waals surface area contributed by atoms with E-state index < -0.39 is 11.5 Å². The highest BCUT2D eigenvalue weighted by molar-refractivity contribution is 9.10. The van der Waals surface area contributed by atoms with Crippen LogP contribution in [0, 0.1) is 6.92 Å². The van der Waals surface area contributed by atoms with Crippen LogP contribution in [0.3, 0.4) is 0 Å². The number of hydrogen-bond donors (Lipinski definition) is 3. The maximum Gasteiger partial charge on any atom is 0.250 e. The summed E-state index contributed by atoms with van der Waals surface area (Å²) in [5.41, 5.74) is 8.43. The van der Waals surface area contributed by atoms with Crippen molar-refractivity contribution in [3.8, 4) is 0 Å². The standard InChI is InChI=1S/C17H17BrN2O2/c1-8-11(17(2,3)22)6-4-9-13-12(18)7-5-10(16(19)21)15(13)20-14(8)9/h4-7,20,22H,1-3H3,(H2,19,21). The summed E-state index contributed by atoms with van der Waals surface area (Å²) in [4.78, 5) is 15.0. The molecular weight excluding hydrogens is 344 g/mol. The van der Waals surface area contributed by atoms with Gasteiger partial charge in [0.25, 0.3) is 5.91 Å². The lowest BCUT2D eigenvalue weighted by Gasteiger charge is -2.20. The van der Waals surface area contributed by atoms with E-state index in [4.69, 9.17) is 5.73 Å².